The van der Waals surface area contributed by atoms with E-state index in [0.29, 0.717) is 22.9 Å². The lowest BCUT2D eigenvalue weighted by atomic mass is 9.84. The summed E-state index contributed by atoms with van der Waals surface area (Å²) in [6, 6.07) is 19.3. The van der Waals surface area contributed by atoms with Gasteiger partial charge in [0.15, 0.2) is 6.10 Å². The quantitative estimate of drug-likeness (QED) is 0.167. The van der Waals surface area contributed by atoms with Crippen LogP contribution in [-0.4, -0.2) is 48.3 Å². The number of nitrogens with one attached hydrogen (secondary N) is 2. The van der Waals surface area contributed by atoms with Gasteiger partial charge >= 0.3 is 17.5 Å². The van der Waals surface area contributed by atoms with E-state index in [1.54, 1.807) is 24.3 Å². The average Bonchev–Trinajstić information content (AvgIpc) is 3.03. The number of carbonyl (C=O) groups excluding carboxylic acids is 3. The van der Waals surface area contributed by atoms with Crippen LogP contribution in [0.1, 0.15) is 59.5 Å². The Balaban J connectivity index is 1.49. The number of nitrogens with zero attached hydrogens (tertiary/aromatic N) is 1. The highest BCUT2D eigenvalue weighted by Gasteiger charge is 2.29. The number of hydrogen-bond donors (Lipinski definition) is 3. The Bertz CT molecular complexity index is 1410. The van der Waals surface area contributed by atoms with Gasteiger partial charge in [0.2, 0.25) is 0 Å². The van der Waals surface area contributed by atoms with E-state index in [9.17, 15) is 32.7 Å². The van der Waals surface area contributed by atoms with Gasteiger partial charge in [0.1, 0.15) is 0 Å². The lowest BCUT2D eigenvalue weighted by molar-refractivity contribution is -0.149. The third-order valence-corrected chi connectivity index (χ3v) is 8.09. The van der Waals surface area contributed by atoms with Crippen molar-refractivity contribution in [1.29, 1.82) is 0 Å². The van der Waals surface area contributed by atoms with Crippen molar-refractivity contribution in [3.05, 3.63) is 89.5 Å². The number of anilines is 2. The van der Waals surface area contributed by atoms with Crippen LogP contribution in [0.4, 0.5) is 29.3 Å². The van der Waals surface area contributed by atoms with E-state index in [0.717, 1.165) is 20.0 Å². The number of esters is 1. The molecule has 0 unspecified atom stereocenters. The topological polar surface area (TPSA) is 108 Å². The standard InChI is InChI=1S/C32H34F3N3O5S/c1-43-30(41)28(39)19-36-29(40)24-9-7-21(8-10-24)20-38(26-15-11-23(12-16-26)22-5-3-2-4-6-22)31(42)37-25-13-17-27(18-14-25)44-32(33,34)35/h7-18,22,28,39H,2-6,19-20H2,1H3,(H,36,40)(H,37,42)/t28-/m1/s1. The summed E-state index contributed by atoms with van der Waals surface area (Å²) in [6.45, 7) is -0.173. The monoisotopic (exact) mass is 629 g/mol. The number of benzene rings is 3. The van der Waals surface area contributed by atoms with E-state index < -0.39 is 29.5 Å². The fourth-order valence-electron chi connectivity index (χ4n) is 5.03. The molecule has 3 aromatic rings. The van der Waals surface area contributed by atoms with Gasteiger partial charge in [0.05, 0.1) is 20.2 Å². The van der Waals surface area contributed by atoms with Gasteiger partial charge in [-0.05, 0) is 90.2 Å². The summed E-state index contributed by atoms with van der Waals surface area (Å²) >= 11 is -0.229. The SMILES string of the molecule is COC(=O)[C@H](O)CNC(=O)c1ccc(CN(C(=O)Nc2ccc(SC(F)(F)F)cc2)c2ccc(C3CCCCC3)cc2)cc1. The second-order valence-corrected chi connectivity index (χ2v) is 11.6. The highest BCUT2D eigenvalue weighted by Crippen LogP contribution is 2.37. The number of thioether (sulfide) groups is 1. The predicted molar refractivity (Wildman–Crippen MR) is 163 cm³/mol. The maximum Gasteiger partial charge on any atom is 0.446 e. The maximum absolute atomic E-state index is 13.5. The highest BCUT2D eigenvalue weighted by molar-refractivity contribution is 8.00. The number of methoxy groups -OCH3 is 1. The smallest absolute Gasteiger partial charge is 0.446 e. The van der Waals surface area contributed by atoms with Crippen LogP contribution >= 0.6 is 11.8 Å². The molecular formula is C32H34F3N3O5S. The molecule has 1 saturated carbocycles. The molecule has 8 nitrogen and oxygen atoms in total. The van der Waals surface area contributed by atoms with E-state index in [4.69, 9.17) is 0 Å². The van der Waals surface area contributed by atoms with E-state index in [-0.39, 0.29) is 35.3 Å². The Kier molecular flexibility index (Phi) is 11.3. The largest absolute Gasteiger partial charge is 0.467 e. The molecular weight excluding hydrogens is 595 g/mol. The van der Waals surface area contributed by atoms with Gasteiger partial charge in [0, 0.05) is 21.8 Å². The minimum absolute atomic E-state index is 0.00888. The van der Waals surface area contributed by atoms with Crippen molar-refractivity contribution in [2.24, 2.45) is 0 Å². The Hall–Kier alpha value is -4.03. The molecule has 1 atom stereocenters. The molecule has 4 rings (SSSR count). The summed E-state index contributed by atoms with van der Waals surface area (Å²) < 4.78 is 42.6. The number of hydrogen-bond acceptors (Lipinski definition) is 6. The normalized spacial score (nSPS) is 14.4. The number of alkyl halides is 3. The molecule has 3 N–H and O–H groups in total. The summed E-state index contributed by atoms with van der Waals surface area (Å²) in [4.78, 5) is 38.9. The fraction of sp³-hybridized carbons (Fsp3) is 0.344. The minimum Gasteiger partial charge on any atom is -0.467 e. The summed E-state index contributed by atoms with van der Waals surface area (Å²) in [6.07, 6.45) is 4.41. The zero-order valence-corrected chi connectivity index (χ0v) is 24.9. The number of carbonyl (C=O) groups is 3. The van der Waals surface area contributed by atoms with Gasteiger partial charge in [-0.3, -0.25) is 9.69 Å². The molecule has 44 heavy (non-hydrogen) atoms. The second-order valence-electron chi connectivity index (χ2n) is 10.5. The average molecular weight is 630 g/mol. The first-order valence-electron chi connectivity index (χ1n) is 14.2. The van der Waals surface area contributed by atoms with Gasteiger partial charge in [-0.25, -0.2) is 9.59 Å². The summed E-state index contributed by atoms with van der Waals surface area (Å²) in [5, 5.41) is 14.9. The molecule has 1 aliphatic carbocycles. The number of halogens is 3. The molecule has 234 valence electrons. The first-order chi connectivity index (χ1) is 21.0. The summed E-state index contributed by atoms with van der Waals surface area (Å²) in [5.74, 6) is -0.873. The zero-order chi connectivity index (χ0) is 31.7. The minimum atomic E-state index is -4.41. The third-order valence-electron chi connectivity index (χ3n) is 7.35. The van der Waals surface area contributed by atoms with Crippen molar-refractivity contribution in [3.8, 4) is 0 Å². The van der Waals surface area contributed by atoms with Gasteiger partial charge in [0.25, 0.3) is 5.91 Å². The van der Waals surface area contributed by atoms with Crippen molar-refractivity contribution < 1.29 is 37.4 Å². The zero-order valence-electron chi connectivity index (χ0n) is 24.1. The molecule has 3 amide bonds. The molecule has 0 aliphatic heterocycles. The van der Waals surface area contributed by atoms with Gasteiger partial charge in [-0.15, -0.1) is 0 Å². The van der Waals surface area contributed by atoms with Crippen molar-refractivity contribution in [1.82, 2.24) is 5.32 Å². The van der Waals surface area contributed by atoms with Crippen molar-refractivity contribution in [3.63, 3.8) is 0 Å². The Labute approximate surface area is 258 Å². The lowest BCUT2D eigenvalue weighted by Crippen LogP contribution is -2.37. The van der Waals surface area contributed by atoms with Crippen LogP contribution in [0.5, 0.6) is 0 Å². The second kappa shape index (κ2) is 15.1. The number of urea groups is 1. The Morgan fingerprint density at radius 3 is 2.18 bits per heavy atom. The van der Waals surface area contributed by atoms with Gasteiger partial charge in [-0.2, -0.15) is 13.2 Å². The van der Waals surface area contributed by atoms with Crippen LogP contribution in [0.2, 0.25) is 0 Å². The molecule has 0 saturated heterocycles. The molecule has 3 aromatic carbocycles. The first-order valence-corrected chi connectivity index (χ1v) is 15.0. The number of aliphatic hydroxyl groups is 1. The number of ether oxygens (including phenoxy) is 1. The van der Waals surface area contributed by atoms with E-state index in [2.05, 4.69) is 15.4 Å². The predicted octanol–water partition coefficient (Wildman–Crippen LogP) is 6.85. The maximum atomic E-state index is 13.5. The van der Waals surface area contributed by atoms with Crippen LogP contribution in [0.3, 0.4) is 0 Å². The van der Waals surface area contributed by atoms with E-state index in [1.165, 1.54) is 54.0 Å². The van der Waals surface area contributed by atoms with Crippen LogP contribution < -0.4 is 15.5 Å². The molecule has 1 fully saturated rings. The molecule has 0 heterocycles. The van der Waals surface area contributed by atoms with Crippen molar-refractivity contribution in [2.45, 2.75) is 61.1 Å². The number of aliphatic hydroxyl groups excluding tert-OH is 1. The molecule has 0 radical (unpaired) electrons. The Morgan fingerprint density at radius 1 is 0.955 bits per heavy atom. The van der Waals surface area contributed by atoms with Gasteiger partial charge in [-0.1, -0.05) is 43.5 Å². The van der Waals surface area contributed by atoms with Crippen LogP contribution in [0.15, 0.2) is 77.7 Å². The molecule has 0 aromatic heterocycles. The lowest BCUT2D eigenvalue weighted by Gasteiger charge is -2.26. The molecule has 1 aliphatic rings. The molecule has 12 heteroatoms. The van der Waals surface area contributed by atoms with Crippen LogP contribution in [0, 0.1) is 0 Å². The van der Waals surface area contributed by atoms with E-state index in [1.807, 2.05) is 24.3 Å². The van der Waals surface area contributed by atoms with E-state index >= 15 is 0 Å². The van der Waals surface area contributed by atoms with Gasteiger partial charge < -0.3 is 20.5 Å². The summed E-state index contributed by atoms with van der Waals surface area (Å²) in [7, 11) is 1.13. The summed E-state index contributed by atoms with van der Waals surface area (Å²) in [5.41, 5.74) is -1.22. The molecule has 0 spiro atoms. The third kappa shape index (κ3) is 9.48. The highest BCUT2D eigenvalue weighted by atomic mass is 32.2. The van der Waals surface area contributed by atoms with Crippen LogP contribution in [0.25, 0.3) is 0 Å². The molecule has 0 bridgehead atoms. The van der Waals surface area contributed by atoms with Crippen molar-refractivity contribution >= 4 is 41.0 Å². The van der Waals surface area contributed by atoms with Crippen LogP contribution in [-0.2, 0) is 16.1 Å². The first kappa shape index (κ1) is 32.9. The number of rotatable bonds is 10. The van der Waals surface area contributed by atoms with Crippen molar-refractivity contribution in [2.75, 3.05) is 23.9 Å². The number of amides is 3. The Morgan fingerprint density at radius 2 is 1.59 bits per heavy atom. The fourth-order valence-corrected chi connectivity index (χ4v) is 5.57.